The number of nitrogens with zero attached hydrogens (tertiary/aromatic N) is 3. The maximum absolute atomic E-state index is 13.5. The van der Waals surface area contributed by atoms with Gasteiger partial charge in [-0.3, -0.25) is 24.3 Å². The van der Waals surface area contributed by atoms with Gasteiger partial charge in [0.25, 0.3) is 0 Å². The number of nitrogens with one attached hydrogen (secondary N) is 3. The molecule has 45 heavy (non-hydrogen) atoms. The second-order valence-electron chi connectivity index (χ2n) is 11.1. The van der Waals surface area contributed by atoms with Crippen LogP contribution in [-0.4, -0.2) is 87.0 Å². The number of anilines is 1. The van der Waals surface area contributed by atoms with E-state index >= 15 is 0 Å². The number of aromatic amines is 1. The minimum atomic E-state index is -1.47. The van der Waals surface area contributed by atoms with Gasteiger partial charge in [-0.1, -0.05) is 54.6 Å². The second-order valence-corrected chi connectivity index (χ2v) is 11.1. The molecule has 1 fully saturated rings. The van der Waals surface area contributed by atoms with E-state index in [2.05, 4.69) is 26.0 Å². The molecule has 238 valence electrons. The number of para-hydroxylation sites is 1. The van der Waals surface area contributed by atoms with Gasteiger partial charge < -0.3 is 35.2 Å². The number of carbonyl (C=O) groups excluding carboxylic acids is 4. The molecule has 5 N–H and O–H groups in total. The second kappa shape index (κ2) is 14.0. The highest BCUT2D eigenvalue weighted by atomic mass is 16.6. The molecule has 3 amide bonds. The normalized spacial score (nSPS) is 22.1. The molecule has 2 aromatic carbocycles. The third kappa shape index (κ3) is 7.19. The van der Waals surface area contributed by atoms with Crippen LogP contribution in [0.2, 0.25) is 0 Å². The average Bonchev–Trinajstić information content (AvgIpc) is 3.50. The first-order valence-corrected chi connectivity index (χ1v) is 14.7. The number of hydrogen-bond donors (Lipinski definition) is 5. The van der Waals surface area contributed by atoms with Gasteiger partial charge in [0.2, 0.25) is 17.7 Å². The highest BCUT2D eigenvalue weighted by Gasteiger charge is 2.43. The number of ether oxygens (including phenoxy) is 2. The van der Waals surface area contributed by atoms with E-state index in [9.17, 15) is 29.4 Å². The molecule has 14 heteroatoms. The zero-order valence-electron chi connectivity index (χ0n) is 24.9. The molecule has 14 nitrogen and oxygen atoms in total. The molecule has 3 aromatic rings. The summed E-state index contributed by atoms with van der Waals surface area (Å²) in [5.74, 6) is -2.26. The van der Waals surface area contributed by atoms with Crippen LogP contribution in [0.5, 0.6) is 0 Å². The molecule has 0 saturated carbocycles. The minimum absolute atomic E-state index is 0.0272. The molecule has 2 aliphatic heterocycles. The molecule has 0 radical (unpaired) electrons. The van der Waals surface area contributed by atoms with Crippen molar-refractivity contribution in [3.63, 3.8) is 0 Å². The van der Waals surface area contributed by atoms with Gasteiger partial charge in [-0.25, -0.2) is 0 Å². The van der Waals surface area contributed by atoms with Crippen molar-refractivity contribution in [2.75, 3.05) is 18.1 Å². The summed E-state index contributed by atoms with van der Waals surface area (Å²) in [5, 5.41) is 37.0. The summed E-state index contributed by atoms with van der Waals surface area (Å²) in [6.45, 7) is 3.05. The zero-order chi connectivity index (χ0) is 32.1. The number of aliphatic hydroxyl groups is 2. The van der Waals surface area contributed by atoms with Gasteiger partial charge in [0, 0.05) is 43.4 Å². The van der Waals surface area contributed by atoms with Crippen molar-refractivity contribution < 1.29 is 38.9 Å². The first kappa shape index (κ1) is 31.8. The van der Waals surface area contributed by atoms with E-state index < -0.39 is 48.2 Å². The van der Waals surface area contributed by atoms with Crippen LogP contribution in [0, 0.1) is 5.92 Å². The fourth-order valence-electron chi connectivity index (χ4n) is 5.57. The highest BCUT2D eigenvalue weighted by Crippen LogP contribution is 2.39. The SMILES string of the molecule is CC(=O)N[C@H]1C(O)O[C@H](COC(=O)CCC(=O)NCCC(=O)N2Cc3ccccc3-c3[nH]nnc3-c3ccccc32)[C@@H](C)[C@@H]1O. The Bertz CT molecular complexity index is 1560. The number of benzene rings is 2. The third-order valence-corrected chi connectivity index (χ3v) is 8.03. The quantitative estimate of drug-likeness (QED) is 0.216. The lowest BCUT2D eigenvalue weighted by Crippen LogP contribution is -2.61. The molecule has 0 bridgehead atoms. The van der Waals surface area contributed by atoms with Crippen LogP contribution in [0.4, 0.5) is 5.69 Å². The Labute approximate surface area is 259 Å². The maximum atomic E-state index is 13.5. The van der Waals surface area contributed by atoms with Crippen molar-refractivity contribution in [3.05, 3.63) is 54.1 Å². The highest BCUT2D eigenvalue weighted by molar-refractivity contribution is 6.00. The Hall–Kier alpha value is -4.66. The van der Waals surface area contributed by atoms with Gasteiger partial charge in [-0.05, 0) is 11.6 Å². The number of esters is 1. The number of fused-ring (bicyclic) bond motifs is 5. The first-order chi connectivity index (χ1) is 21.6. The number of aliphatic hydroxyl groups excluding tert-OH is 2. The summed E-state index contributed by atoms with van der Waals surface area (Å²) in [4.78, 5) is 51.3. The maximum Gasteiger partial charge on any atom is 0.306 e. The van der Waals surface area contributed by atoms with Crippen LogP contribution in [0.3, 0.4) is 0 Å². The Morgan fingerprint density at radius 2 is 1.78 bits per heavy atom. The molecule has 0 aliphatic carbocycles. The lowest BCUT2D eigenvalue weighted by molar-refractivity contribution is -0.238. The molecule has 1 aromatic heterocycles. The fourth-order valence-corrected chi connectivity index (χ4v) is 5.57. The lowest BCUT2D eigenvalue weighted by atomic mass is 9.89. The van der Waals surface area contributed by atoms with Gasteiger partial charge in [0.1, 0.15) is 18.3 Å². The molecular formula is C31H36N6O8. The summed E-state index contributed by atoms with van der Waals surface area (Å²) in [6, 6.07) is 14.2. The Morgan fingerprint density at radius 1 is 1.04 bits per heavy atom. The first-order valence-electron chi connectivity index (χ1n) is 14.7. The molecule has 1 saturated heterocycles. The van der Waals surface area contributed by atoms with Crippen LogP contribution in [-0.2, 0) is 35.2 Å². The van der Waals surface area contributed by atoms with Crippen molar-refractivity contribution in [2.45, 2.75) is 64.2 Å². The lowest BCUT2D eigenvalue weighted by Gasteiger charge is -2.41. The van der Waals surface area contributed by atoms with Crippen LogP contribution in [0.25, 0.3) is 22.5 Å². The largest absolute Gasteiger partial charge is 0.463 e. The van der Waals surface area contributed by atoms with E-state index in [1.807, 2.05) is 48.5 Å². The topological polar surface area (TPSA) is 196 Å². The van der Waals surface area contributed by atoms with Crippen molar-refractivity contribution in [3.8, 4) is 22.5 Å². The van der Waals surface area contributed by atoms with Crippen molar-refractivity contribution in [1.29, 1.82) is 0 Å². The van der Waals surface area contributed by atoms with E-state index in [1.165, 1.54) is 6.92 Å². The van der Waals surface area contributed by atoms with E-state index in [1.54, 1.807) is 11.8 Å². The zero-order valence-corrected chi connectivity index (χ0v) is 24.9. The van der Waals surface area contributed by atoms with Crippen molar-refractivity contribution in [2.24, 2.45) is 5.92 Å². The van der Waals surface area contributed by atoms with Gasteiger partial charge >= 0.3 is 5.97 Å². The predicted molar refractivity (Wildman–Crippen MR) is 160 cm³/mol. The van der Waals surface area contributed by atoms with Crippen LogP contribution in [0.1, 0.15) is 38.7 Å². The van der Waals surface area contributed by atoms with E-state index in [4.69, 9.17) is 9.47 Å². The van der Waals surface area contributed by atoms with Gasteiger partial charge in [0.15, 0.2) is 6.29 Å². The third-order valence-electron chi connectivity index (χ3n) is 8.03. The number of amides is 3. The minimum Gasteiger partial charge on any atom is -0.463 e. The molecule has 5 atom stereocenters. The summed E-state index contributed by atoms with van der Waals surface area (Å²) < 4.78 is 10.6. The van der Waals surface area contributed by atoms with Crippen LogP contribution < -0.4 is 15.5 Å². The monoisotopic (exact) mass is 620 g/mol. The van der Waals surface area contributed by atoms with Crippen LogP contribution in [0.15, 0.2) is 48.5 Å². The summed E-state index contributed by atoms with van der Waals surface area (Å²) >= 11 is 0. The number of aromatic nitrogens is 3. The summed E-state index contributed by atoms with van der Waals surface area (Å²) in [5.41, 5.74) is 4.68. The Balaban J connectivity index is 1.11. The fraction of sp³-hybridized carbons (Fsp3) is 0.419. The smallest absolute Gasteiger partial charge is 0.306 e. The number of rotatable bonds is 9. The molecule has 3 heterocycles. The van der Waals surface area contributed by atoms with Crippen LogP contribution >= 0.6 is 0 Å². The molecule has 2 aliphatic rings. The standard InChI is InChI=1S/C31H36N6O8/c1-17-23(45-31(43)29(30(17)42)33-18(2)38)16-44-26(41)12-11-24(39)32-14-13-25(40)37-15-19-7-3-4-8-20(19)27-28(35-36-34-27)21-9-5-6-10-22(21)37/h3-10,17,23,29-31,42-43H,11-16H2,1-2H3,(H,32,39)(H,33,38)(H,34,35,36)/t17-,23-,29-,30+,31?/m1/s1. The van der Waals surface area contributed by atoms with E-state index in [0.717, 1.165) is 22.4 Å². The number of H-pyrrole nitrogens is 1. The summed E-state index contributed by atoms with van der Waals surface area (Å²) in [6.07, 6.45) is -3.73. The number of hydrogen-bond acceptors (Lipinski definition) is 10. The van der Waals surface area contributed by atoms with E-state index in [-0.39, 0.29) is 38.3 Å². The molecule has 1 unspecified atom stereocenters. The van der Waals surface area contributed by atoms with Crippen molar-refractivity contribution >= 4 is 29.4 Å². The Kier molecular flexibility index (Phi) is 9.86. The average molecular weight is 621 g/mol. The van der Waals surface area contributed by atoms with E-state index in [0.29, 0.717) is 17.9 Å². The number of carbonyl (C=O) groups is 4. The van der Waals surface area contributed by atoms with Gasteiger partial charge in [0.05, 0.1) is 36.6 Å². The van der Waals surface area contributed by atoms with Gasteiger partial charge in [-0.15, -0.1) is 5.10 Å². The van der Waals surface area contributed by atoms with Crippen molar-refractivity contribution in [1.82, 2.24) is 26.0 Å². The molecular weight excluding hydrogens is 584 g/mol. The Morgan fingerprint density at radius 3 is 2.56 bits per heavy atom. The predicted octanol–water partition coefficient (Wildman–Crippen LogP) is 1.03. The van der Waals surface area contributed by atoms with Gasteiger partial charge in [-0.2, -0.15) is 0 Å². The molecule has 5 rings (SSSR count). The molecule has 0 spiro atoms. The summed E-state index contributed by atoms with van der Waals surface area (Å²) in [7, 11) is 0.